The molecule has 7 nitrogen and oxygen atoms in total. The van der Waals surface area contributed by atoms with Crippen molar-refractivity contribution in [1.82, 2.24) is 4.72 Å². The van der Waals surface area contributed by atoms with Crippen LogP contribution >= 0.6 is 10.8 Å². The smallest absolute Gasteiger partial charge is 0.235 e. The summed E-state index contributed by atoms with van der Waals surface area (Å²) in [6, 6.07) is 20.4. The normalized spacial score (nSPS) is 16.5. The fourth-order valence-electron chi connectivity index (χ4n) is 3.92. The van der Waals surface area contributed by atoms with Crippen LogP contribution in [0.4, 0.5) is 5.69 Å². The van der Waals surface area contributed by atoms with Gasteiger partial charge in [0.2, 0.25) is 12.7 Å². The molecule has 32 heavy (non-hydrogen) atoms. The Morgan fingerprint density at radius 1 is 0.906 bits per heavy atom. The lowest BCUT2D eigenvalue weighted by Gasteiger charge is -2.31. The number of hydrogen-bond donors (Lipinski definition) is 4. The van der Waals surface area contributed by atoms with Crippen LogP contribution in [0, 0.1) is 0 Å². The van der Waals surface area contributed by atoms with Crippen molar-refractivity contribution < 1.29 is 23.4 Å². The third kappa shape index (κ3) is 3.71. The van der Waals surface area contributed by atoms with Gasteiger partial charge in [0.05, 0.1) is 10.3 Å². The van der Waals surface area contributed by atoms with Gasteiger partial charge >= 0.3 is 0 Å². The molecule has 1 aliphatic carbocycles. The van der Waals surface area contributed by atoms with Crippen molar-refractivity contribution in [3.8, 4) is 22.6 Å². The molecule has 5 rings (SSSR count). The van der Waals surface area contributed by atoms with Crippen LogP contribution in [-0.4, -0.2) is 28.9 Å². The highest BCUT2D eigenvalue weighted by Gasteiger charge is 2.51. The highest BCUT2D eigenvalue weighted by atomic mass is 32.3. The van der Waals surface area contributed by atoms with Gasteiger partial charge in [0.25, 0.3) is 0 Å². The first kappa shape index (κ1) is 20.8. The van der Waals surface area contributed by atoms with Crippen LogP contribution in [0.1, 0.15) is 18.4 Å². The highest BCUT2D eigenvalue weighted by Crippen LogP contribution is 2.51. The maximum atomic E-state index is 13.1. The summed E-state index contributed by atoms with van der Waals surface area (Å²) in [5.41, 5.74) is 3.06. The molecule has 0 saturated heterocycles. The van der Waals surface area contributed by atoms with E-state index in [0.717, 1.165) is 35.2 Å². The van der Waals surface area contributed by atoms with Gasteiger partial charge in [-0.15, -0.1) is 10.8 Å². The third-order valence-corrected chi connectivity index (χ3v) is 7.55. The van der Waals surface area contributed by atoms with Crippen molar-refractivity contribution in [2.75, 3.05) is 19.2 Å². The summed E-state index contributed by atoms with van der Waals surface area (Å²) in [5, 5.41) is 3.04. The van der Waals surface area contributed by atoms with Crippen LogP contribution < -0.4 is 19.5 Å². The number of anilines is 1. The minimum atomic E-state index is -2.96. The zero-order valence-corrected chi connectivity index (χ0v) is 18.3. The van der Waals surface area contributed by atoms with Crippen molar-refractivity contribution in [2.45, 2.75) is 23.2 Å². The monoisotopic (exact) mass is 452 g/mol. The first-order valence-corrected chi connectivity index (χ1v) is 11.8. The fraction of sp³-hybridized carbons (Fsp3) is 0.208. The lowest BCUT2D eigenvalue weighted by Crippen LogP contribution is -2.27. The van der Waals surface area contributed by atoms with Crippen LogP contribution in [0.2, 0.25) is 0 Å². The largest absolute Gasteiger partial charge is 0.454 e. The summed E-state index contributed by atoms with van der Waals surface area (Å²) >= 11 is 0. The Hall–Kier alpha value is -3.04. The molecule has 8 heteroatoms. The summed E-state index contributed by atoms with van der Waals surface area (Å²) < 4.78 is 33.3. The second-order valence-electron chi connectivity index (χ2n) is 7.96. The van der Waals surface area contributed by atoms with Crippen LogP contribution in [0.3, 0.4) is 0 Å². The van der Waals surface area contributed by atoms with E-state index < -0.39 is 16.2 Å². The Balaban J connectivity index is 1.29. The molecule has 3 aromatic carbocycles. The Morgan fingerprint density at radius 2 is 1.53 bits per heavy atom. The highest BCUT2D eigenvalue weighted by molar-refractivity contribution is 8.22. The number of benzene rings is 3. The van der Waals surface area contributed by atoms with Crippen LogP contribution in [0.15, 0.2) is 71.6 Å². The van der Waals surface area contributed by atoms with Gasteiger partial charge < -0.3 is 14.8 Å². The zero-order valence-electron chi connectivity index (χ0n) is 17.5. The van der Waals surface area contributed by atoms with Gasteiger partial charge in [-0.2, -0.15) is 0 Å². The van der Waals surface area contributed by atoms with Gasteiger partial charge in [-0.25, -0.2) is 4.72 Å². The molecular weight excluding hydrogens is 428 g/mol. The van der Waals surface area contributed by atoms with Crippen molar-refractivity contribution in [2.24, 2.45) is 0 Å². The van der Waals surface area contributed by atoms with Gasteiger partial charge in [-0.3, -0.25) is 13.9 Å². The van der Waals surface area contributed by atoms with Crippen LogP contribution in [0.5, 0.6) is 11.5 Å². The molecule has 0 atom stereocenters. The van der Waals surface area contributed by atoms with Gasteiger partial charge in [0.1, 0.15) is 0 Å². The number of carbonyl (C=O) groups excluding carboxylic acids is 1. The average molecular weight is 453 g/mol. The Morgan fingerprint density at radius 3 is 2.16 bits per heavy atom. The molecular formula is C24H24N2O5S. The molecule has 1 amide bonds. The second-order valence-corrected chi connectivity index (χ2v) is 9.94. The minimum Gasteiger partial charge on any atom is -0.454 e. The molecule has 2 aliphatic rings. The molecule has 0 aromatic heterocycles. The number of nitrogens with one attached hydrogen (secondary N) is 2. The summed E-state index contributed by atoms with van der Waals surface area (Å²) in [7, 11) is -1.46. The lowest BCUT2D eigenvalue weighted by molar-refractivity contribution is -0.118. The Labute approximate surface area is 187 Å². The zero-order chi connectivity index (χ0) is 22.3. The summed E-state index contributed by atoms with van der Waals surface area (Å²) in [6.07, 6.45) is 1.60. The second kappa shape index (κ2) is 7.83. The predicted octanol–water partition coefficient (Wildman–Crippen LogP) is 5.00. The molecule has 3 aromatic rings. The lowest BCUT2D eigenvalue weighted by atomic mass is 9.94. The summed E-state index contributed by atoms with van der Waals surface area (Å²) in [5.74, 6) is 1.38. The molecule has 166 valence electrons. The number of amides is 1. The predicted molar refractivity (Wildman–Crippen MR) is 124 cm³/mol. The van der Waals surface area contributed by atoms with Crippen molar-refractivity contribution in [3.63, 3.8) is 0 Å². The van der Waals surface area contributed by atoms with Crippen molar-refractivity contribution >= 4 is 22.4 Å². The van der Waals surface area contributed by atoms with E-state index in [1.807, 2.05) is 54.6 Å². The number of rotatable bonds is 6. The molecule has 0 spiro atoms. The standard InChI is InChI=1S/C24H24N2O5S/c1-25-32(28,29)20-9-4-17(5-10-20)16-2-7-19(8-3-16)26-23(27)24(12-13-24)18-6-11-21-22(14-18)31-15-30-21/h2-11,14,25,28-29H,12-13,15H2,1H3,(H,26,27). The van der Waals surface area contributed by atoms with Crippen LogP contribution in [0.25, 0.3) is 11.1 Å². The fourth-order valence-corrected chi connectivity index (χ4v) is 4.67. The number of fused-ring (bicyclic) bond motifs is 1. The van der Waals surface area contributed by atoms with E-state index in [2.05, 4.69) is 10.0 Å². The van der Waals surface area contributed by atoms with Crippen molar-refractivity contribution in [3.05, 3.63) is 72.3 Å². The van der Waals surface area contributed by atoms with E-state index in [4.69, 9.17) is 9.47 Å². The first-order valence-electron chi connectivity index (χ1n) is 10.3. The van der Waals surface area contributed by atoms with E-state index in [1.54, 1.807) is 12.1 Å². The third-order valence-electron chi connectivity index (χ3n) is 6.05. The Bertz CT molecular complexity index is 1160. The maximum Gasteiger partial charge on any atom is 0.235 e. The number of ether oxygens (including phenoxy) is 2. The molecule has 0 bridgehead atoms. The molecule has 4 N–H and O–H groups in total. The number of carbonyl (C=O) groups is 1. The SMILES string of the molecule is CNS(O)(O)c1ccc(-c2ccc(NC(=O)C3(c4ccc5c(c4)OCO5)CC3)cc2)cc1. The summed E-state index contributed by atoms with van der Waals surface area (Å²) in [6.45, 7) is 0.213. The molecule has 1 heterocycles. The van der Waals surface area contributed by atoms with E-state index in [9.17, 15) is 13.9 Å². The van der Waals surface area contributed by atoms with E-state index >= 15 is 0 Å². The average Bonchev–Trinajstić information content (AvgIpc) is 3.50. The number of hydrogen-bond acceptors (Lipinski definition) is 6. The minimum absolute atomic E-state index is 0.0225. The molecule has 1 fully saturated rings. The Kier molecular flexibility index (Phi) is 5.10. The molecule has 0 unspecified atom stereocenters. The quantitative estimate of drug-likeness (QED) is 0.420. The topological polar surface area (TPSA) is 100 Å². The van der Waals surface area contributed by atoms with Gasteiger partial charge in [0.15, 0.2) is 11.5 Å². The molecule has 1 saturated carbocycles. The molecule has 1 aliphatic heterocycles. The van der Waals surface area contributed by atoms with Gasteiger partial charge in [-0.05, 0) is 65.9 Å². The molecule has 0 radical (unpaired) electrons. The van der Waals surface area contributed by atoms with E-state index in [-0.39, 0.29) is 12.7 Å². The summed E-state index contributed by atoms with van der Waals surface area (Å²) in [4.78, 5) is 13.5. The van der Waals surface area contributed by atoms with E-state index in [0.29, 0.717) is 16.4 Å². The van der Waals surface area contributed by atoms with Crippen molar-refractivity contribution in [1.29, 1.82) is 0 Å². The van der Waals surface area contributed by atoms with Gasteiger partial charge in [0, 0.05) is 12.7 Å². The van der Waals surface area contributed by atoms with Gasteiger partial charge in [-0.1, -0.05) is 30.3 Å². The maximum absolute atomic E-state index is 13.1. The first-order chi connectivity index (χ1) is 15.4. The van der Waals surface area contributed by atoms with Crippen LogP contribution in [-0.2, 0) is 10.2 Å². The van der Waals surface area contributed by atoms with E-state index in [1.165, 1.54) is 7.05 Å².